The van der Waals surface area contributed by atoms with Gasteiger partial charge in [-0.1, -0.05) is 0 Å². The fraction of sp³-hybridized carbons (Fsp3) is 0.625. The highest BCUT2D eigenvalue weighted by Crippen LogP contribution is 2.29. The van der Waals surface area contributed by atoms with Crippen LogP contribution in [-0.4, -0.2) is 104 Å². The molecule has 2 aliphatic heterocycles. The first-order valence-electron chi connectivity index (χ1n) is 13.1. The molecular weight excluding hydrogens is 518 g/mol. The number of aromatic nitrogens is 4. The van der Waals surface area contributed by atoms with Gasteiger partial charge in [0, 0.05) is 37.1 Å². The summed E-state index contributed by atoms with van der Waals surface area (Å²) < 4.78 is 13.0. The number of anilines is 2. The molecule has 0 bridgehead atoms. The van der Waals surface area contributed by atoms with Crippen LogP contribution in [0.4, 0.5) is 21.2 Å². The van der Waals surface area contributed by atoms with E-state index in [1.807, 2.05) is 25.6 Å². The molecule has 16 heteroatoms. The molecule has 4 rings (SSSR count). The maximum absolute atomic E-state index is 12.1. The van der Waals surface area contributed by atoms with E-state index in [4.69, 9.17) is 20.9 Å². The number of carbonyl (C=O) groups is 3. The van der Waals surface area contributed by atoms with Crippen molar-refractivity contribution in [3.63, 3.8) is 0 Å². The van der Waals surface area contributed by atoms with Crippen LogP contribution in [0.2, 0.25) is 6.82 Å². The van der Waals surface area contributed by atoms with Gasteiger partial charge in [0.15, 0.2) is 0 Å². The van der Waals surface area contributed by atoms with Crippen molar-refractivity contribution in [1.29, 1.82) is 0 Å². The second-order valence-electron chi connectivity index (χ2n) is 12.0. The van der Waals surface area contributed by atoms with Crippen molar-refractivity contribution in [1.82, 2.24) is 29.2 Å². The van der Waals surface area contributed by atoms with Crippen LogP contribution >= 0.6 is 0 Å². The van der Waals surface area contributed by atoms with Crippen LogP contribution < -0.4 is 11.5 Å². The monoisotopic (exact) mass is 557 g/mol. The molecule has 217 valence electrons. The summed E-state index contributed by atoms with van der Waals surface area (Å²) in [7, 11) is 0.803. The van der Waals surface area contributed by atoms with E-state index >= 15 is 0 Å². The molecule has 40 heavy (non-hydrogen) atoms. The Hall–Kier alpha value is -3.52. The molecule has 0 aliphatic carbocycles. The van der Waals surface area contributed by atoms with Crippen molar-refractivity contribution in [2.75, 3.05) is 37.6 Å². The average Bonchev–Trinajstić information content (AvgIpc) is 3.30. The minimum absolute atomic E-state index is 0.0310. The van der Waals surface area contributed by atoms with Crippen LogP contribution in [0.5, 0.6) is 0 Å². The Bertz CT molecular complexity index is 1210. The number of nitrogens with zero attached hydrogens (tertiary/aromatic N) is 6. The summed E-state index contributed by atoms with van der Waals surface area (Å²) in [6.07, 6.45) is -0.188. The molecule has 2 fully saturated rings. The van der Waals surface area contributed by atoms with Crippen molar-refractivity contribution in [3.05, 3.63) is 23.5 Å². The summed E-state index contributed by atoms with van der Waals surface area (Å²) in [5.74, 6) is 1.000. The van der Waals surface area contributed by atoms with Gasteiger partial charge in [0.1, 0.15) is 22.8 Å². The average molecular weight is 557 g/mol. The molecule has 2 aromatic heterocycles. The lowest BCUT2D eigenvalue weighted by atomic mass is 9.83. The Morgan fingerprint density at radius 1 is 0.950 bits per heavy atom. The van der Waals surface area contributed by atoms with Gasteiger partial charge in [0.25, 0.3) is 7.41 Å². The molecule has 2 saturated heterocycles. The molecule has 0 saturated carbocycles. The quantitative estimate of drug-likeness (QED) is 0.355. The van der Waals surface area contributed by atoms with Gasteiger partial charge < -0.3 is 40.5 Å². The minimum atomic E-state index is -0.716. The third-order valence-corrected chi connectivity index (χ3v) is 6.01. The third kappa shape index (κ3) is 8.01. The van der Waals surface area contributed by atoms with E-state index < -0.39 is 24.3 Å². The summed E-state index contributed by atoms with van der Waals surface area (Å²) in [6, 6.07) is 3.41. The Kier molecular flexibility index (Phi) is 9.24. The minimum Gasteiger partial charge on any atom is -0.444 e. The van der Waals surface area contributed by atoms with Gasteiger partial charge in [0.05, 0.1) is 17.6 Å². The number of hydrogen-bond acceptors (Lipinski definition) is 11. The van der Waals surface area contributed by atoms with Crippen LogP contribution in [0.15, 0.2) is 12.1 Å². The lowest BCUT2D eigenvalue weighted by molar-refractivity contribution is 0.00767. The predicted molar refractivity (Wildman–Crippen MR) is 152 cm³/mol. The highest BCUT2D eigenvalue weighted by atomic mass is 16.6. The van der Waals surface area contributed by atoms with Gasteiger partial charge in [0.2, 0.25) is 0 Å². The Morgan fingerprint density at radius 2 is 1.45 bits per heavy atom. The number of nitrogens with two attached hydrogens (primary N) is 2. The smallest absolute Gasteiger partial charge is 0.437 e. The van der Waals surface area contributed by atoms with Gasteiger partial charge in [-0.05, 0) is 61.5 Å². The Balaban J connectivity index is 0.000000238. The summed E-state index contributed by atoms with van der Waals surface area (Å²) >= 11 is 0. The summed E-state index contributed by atoms with van der Waals surface area (Å²) in [4.78, 5) is 37.7. The molecule has 2 aliphatic rings. The molecule has 4 heterocycles. The Morgan fingerprint density at radius 3 is 1.95 bits per heavy atom. The van der Waals surface area contributed by atoms with Crippen molar-refractivity contribution in [2.45, 2.75) is 71.4 Å². The number of carbonyl (C=O) groups excluding carboxylic acids is 3. The fourth-order valence-electron chi connectivity index (χ4n) is 4.04. The second-order valence-corrected chi connectivity index (χ2v) is 12.0. The van der Waals surface area contributed by atoms with Gasteiger partial charge in [-0.2, -0.15) is 10.2 Å². The SMILES string of the molecule is CB(O)n1nc(C2CN([B]C=O)C2)cc1N.CC(C)(C)OC(=O)N1CC(c2cc(N)n(C(=O)OC(C)(C)C)n2)C1. The maximum atomic E-state index is 12.1. The van der Waals surface area contributed by atoms with Crippen LogP contribution in [0.1, 0.15) is 64.8 Å². The number of nitrogen functional groups attached to an aromatic ring is 2. The lowest BCUT2D eigenvalue weighted by Crippen LogP contribution is -2.50. The largest absolute Gasteiger partial charge is 0.444 e. The molecule has 0 atom stereocenters. The standard InChI is InChI=1S/C16H26N4O4.C8H13B2N4O2/c1-15(2,3)23-13(21)19-8-10(9-19)11-7-12(17)20(18-11)14(22)24-16(4,5)6;1-10(16)14-8(11)2-7(12-14)6-3-13(4-6)9-5-15/h7,10H,8-9,17H2,1-6H3;2,5-6,16H,3-4,11H2,1H3. The number of ether oxygens (including phenoxy) is 2. The van der Waals surface area contributed by atoms with Gasteiger partial charge in [-0.15, -0.1) is 4.68 Å². The molecule has 14 nitrogen and oxygen atoms in total. The van der Waals surface area contributed by atoms with E-state index in [0.29, 0.717) is 30.5 Å². The third-order valence-electron chi connectivity index (χ3n) is 6.01. The highest BCUT2D eigenvalue weighted by Gasteiger charge is 2.37. The molecule has 5 N–H and O–H groups in total. The van der Waals surface area contributed by atoms with Crippen molar-refractivity contribution in [3.8, 4) is 0 Å². The Labute approximate surface area is 235 Å². The van der Waals surface area contributed by atoms with E-state index in [1.165, 1.54) is 12.0 Å². The van der Waals surface area contributed by atoms with Gasteiger partial charge in [-0.25, -0.2) is 9.59 Å². The maximum Gasteiger partial charge on any atom is 0.437 e. The lowest BCUT2D eigenvalue weighted by Gasteiger charge is -2.38. The summed E-state index contributed by atoms with van der Waals surface area (Å²) in [5, 5.41) is 17.8. The first-order valence-corrected chi connectivity index (χ1v) is 13.1. The molecule has 1 amide bonds. The van der Waals surface area contributed by atoms with E-state index in [9.17, 15) is 19.4 Å². The van der Waals surface area contributed by atoms with Crippen molar-refractivity contribution in [2.24, 2.45) is 0 Å². The highest BCUT2D eigenvalue weighted by molar-refractivity contribution is 6.64. The second kappa shape index (κ2) is 11.9. The first-order chi connectivity index (χ1) is 18.5. The van der Waals surface area contributed by atoms with Crippen LogP contribution in [0.25, 0.3) is 0 Å². The molecule has 0 unspecified atom stereocenters. The molecule has 0 spiro atoms. The summed E-state index contributed by atoms with van der Waals surface area (Å²) in [6.45, 7) is 14.9. The molecule has 1 radical (unpaired) electrons. The van der Waals surface area contributed by atoms with E-state index in [0.717, 1.165) is 29.7 Å². The number of likely N-dealkylation sites (tertiary alicyclic amines) is 1. The molecule has 2 aromatic rings. The molecule has 0 aromatic carbocycles. The zero-order valence-corrected chi connectivity index (χ0v) is 24.2. The van der Waals surface area contributed by atoms with E-state index in [1.54, 1.807) is 44.6 Å². The van der Waals surface area contributed by atoms with Crippen LogP contribution in [0.3, 0.4) is 0 Å². The van der Waals surface area contributed by atoms with Crippen LogP contribution in [0, 0.1) is 0 Å². The normalized spacial score (nSPS) is 16.2. The van der Waals surface area contributed by atoms with E-state index in [-0.39, 0.29) is 17.8 Å². The summed E-state index contributed by atoms with van der Waals surface area (Å²) in [5.41, 5.74) is 12.0. The zero-order valence-electron chi connectivity index (χ0n) is 24.2. The number of hydrogen-bond donors (Lipinski definition) is 3. The number of amides is 1. The predicted octanol–water partition coefficient (Wildman–Crippen LogP) is 1.22. The van der Waals surface area contributed by atoms with Crippen LogP contribution in [-0.2, 0) is 14.3 Å². The zero-order chi connectivity index (χ0) is 30.0. The van der Waals surface area contributed by atoms with Gasteiger partial charge >= 0.3 is 19.2 Å². The van der Waals surface area contributed by atoms with Crippen molar-refractivity contribution < 1.29 is 28.9 Å². The first kappa shape index (κ1) is 31.0. The van der Waals surface area contributed by atoms with Gasteiger partial charge in [-0.3, -0.25) is 4.59 Å². The van der Waals surface area contributed by atoms with Crippen molar-refractivity contribution >= 4 is 44.5 Å². The van der Waals surface area contributed by atoms with E-state index in [2.05, 4.69) is 10.2 Å². The fourth-order valence-corrected chi connectivity index (χ4v) is 4.04. The number of rotatable bonds is 5. The molecular formula is C24H39B2N8O6. The topological polar surface area (TPSA) is 184 Å².